The second-order valence-corrected chi connectivity index (χ2v) is 6.98. The van der Waals surface area contributed by atoms with Crippen molar-refractivity contribution in [1.82, 2.24) is 0 Å². The lowest BCUT2D eigenvalue weighted by Crippen LogP contribution is -2.24. The molecule has 0 amide bonds. The van der Waals surface area contributed by atoms with Crippen LogP contribution in [0.5, 0.6) is 5.75 Å². The number of ether oxygens (including phenoxy) is 1. The largest absolute Gasteiger partial charge is 0.480 e. The summed E-state index contributed by atoms with van der Waals surface area (Å²) in [5.74, 6) is 0.501. The minimum Gasteiger partial charge on any atom is -0.480 e. The van der Waals surface area contributed by atoms with Gasteiger partial charge in [0.05, 0.1) is 5.69 Å². The molecule has 0 heterocycles. The van der Waals surface area contributed by atoms with Crippen LogP contribution in [0.3, 0.4) is 0 Å². The monoisotopic (exact) mass is 325 g/mol. The summed E-state index contributed by atoms with van der Waals surface area (Å²) < 4.78 is 5.76. The van der Waals surface area contributed by atoms with Gasteiger partial charge in [0.1, 0.15) is 5.75 Å². The zero-order valence-corrected chi connectivity index (χ0v) is 15.2. The van der Waals surface area contributed by atoms with E-state index in [1.165, 1.54) is 5.56 Å². The number of hydrogen-bond donors (Lipinski definition) is 1. The minimum absolute atomic E-state index is 0.0455. The first-order chi connectivity index (χ1) is 11.2. The molecule has 0 aliphatic heterocycles. The van der Waals surface area contributed by atoms with Crippen molar-refractivity contribution >= 4 is 11.5 Å². The number of benzene rings is 2. The van der Waals surface area contributed by atoms with Crippen molar-refractivity contribution in [2.24, 2.45) is 0 Å². The molecule has 2 N–H and O–H groups in total. The highest BCUT2D eigenvalue weighted by Gasteiger charge is 2.21. The third-order valence-corrected chi connectivity index (χ3v) is 4.67. The van der Waals surface area contributed by atoms with Gasteiger partial charge in [0.25, 0.3) is 0 Å². The maximum Gasteiger partial charge on any atom is 0.202 e. The molecule has 1 unspecified atom stereocenters. The molecule has 0 radical (unpaired) electrons. The third kappa shape index (κ3) is 3.97. The van der Waals surface area contributed by atoms with E-state index in [1.807, 2.05) is 43.3 Å². The number of Topliss-reactive ketones (excluding diaryl/α,β-unsaturated/α-hetero) is 1. The van der Waals surface area contributed by atoms with Crippen molar-refractivity contribution in [1.29, 1.82) is 0 Å². The van der Waals surface area contributed by atoms with Crippen LogP contribution in [0.2, 0.25) is 0 Å². The third-order valence-electron chi connectivity index (χ3n) is 4.67. The first-order valence-corrected chi connectivity index (χ1v) is 8.42. The van der Waals surface area contributed by atoms with Crippen molar-refractivity contribution < 1.29 is 9.53 Å². The molecule has 0 bridgehead atoms. The molecule has 0 spiro atoms. The fourth-order valence-electron chi connectivity index (χ4n) is 2.54. The predicted octanol–water partition coefficient (Wildman–Crippen LogP) is 4.92. The second kappa shape index (κ2) is 7.08. The van der Waals surface area contributed by atoms with Crippen LogP contribution in [-0.4, -0.2) is 11.9 Å². The fourth-order valence-corrected chi connectivity index (χ4v) is 2.54. The average Bonchev–Trinajstić information content (AvgIpc) is 2.56. The van der Waals surface area contributed by atoms with Crippen molar-refractivity contribution in [3.63, 3.8) is 0 Å². The summed E-state index contributed by atoms with van der Waals surface area (Å²) in [7, 11) is 0. The molecule has 3 heteroatoms. The van der Waals surface area contributed by atoms with Gasteiger partial charge in [-0.05, 0) is 48.9 Å². The summed E-state index contributed by atoms with van der Waals surface area (Å²) in [5, 5.41) is 0. The van der Waals surface area contributed by atoms with Gasteiger partial charge < -0.3 is 10.5 Å². The fraction of sp³-hybridized carbons (Fsp3) is 0.381. The number of hydrogen-bond acceptors (Lipinski definition) is 3. The summed E-state index contributed by atoms with van der Waals surface area (Å²) in [6.45, 7) is 10.3. The Morgan fingerprint density at radius 2 is 1.79 bits per heavy atom. The molecule has 2 rings (SSSR count). The lowest BCUT2D eigenvalue weighted by Gasteiger charge is -2.23. The van der Waals surface area contributed by atoms with Crippen LogP contribution in [0.15, 0.2) is 42.5 Å². The van der Waals surface area contributed by atoms with Gasteiger partial charge in [-0.2, -0.15) is 0 Å². The van der Waals surface area contributed by atoms with Gasteiger partial charge in [-0.3, -0.25) is 4.79 Å². The van der Waals surface area contributed by atoms with Gasteiger partial charge in [0, 0.05) is 5.56 Å². The molecule has 3 nitrogen and oxygen atoms in total. The summed E-state index contributed by atoms with van der Waals surface area (Å²) in [6, 6.07) is 13.4. The van der Waals surface area contributed by atoms with Gasteiger partial charge in [-0.1, -0.05) is 51.1 Å². The van der Waals surface area contributed by atoms with Crippen LogP contribution in [-0.2, 0) is 5.41 Å². The molecule has 24 heavy (non-hydrogen) atoms. The van der Waals surface area contributed by atoms with Crippen LogP contribution >= 0.6 is 0 Å². The van der Waals surface area contributed by atoms with Crippen LogP contribution in [0, 0.1) is 6.92 Å². The number of rotatable bonds is 6. The maximum absolute atomic E-state index is 12.6. The van der Waals surface area contributed by atoms with E-state index in [0.29, 0.717) is 17.0 Å². The number of aryl methyl sites for hydroxylation is 1. The molecule has 0 aliphatic rings. The molecular weight excluding hydrogens is 298 g/mol. The van der Waals surface area contributed by atoms with Crippen molar-refractivity contribution in [2.75, 3.05) is 5.73 Å². The normalized spacial score (nSPS) is 12.7. The van der Waals surface area contributed by atoms with Gasteiger partial charge in [-0.25, -0.2) is 0 Å². The van der Waals surface area contributed by atoms with Crippen LogP contribution < -0.4 is 10.5 Å². The number of nitrogens with two attached hydrogens (primary N) is 1. The number of ketones is 1. The highest BCUT2D eigenvalue weighted by atomic mass is 16.5. The number of anilines is 1. The number of nitrogen functional groups attached to an aromatic ring is 1. The van der Waals surface area contributed by atoms with Crippen molar-refractivity contribution in [3.8, 4) is 5.75 Å². The lowest BCUT2D eigenvalue weighted by molar-refractivity contribution is 0.0819. The van der Waals surface area contributed by atoms with E-state index in [2.05, 4.69) is 20.8 Å². The Kier molecular flexibility index (Phi) is 5.33. The summed E-state index contributed by atoms with van der Waals surface area (Å²) in [5.41, 5.74) is 9.57. The molecule has 1 atom stereocenters. The molecule has 128 valence electrons. The van der Waals surface area contributed by atoms with Gasteiger partial charge >= 0.3 is 0 Å². The topological polar surface area (TPSA) is 52.3 Å². The van der Waals surface area contributed by atoms with Gasteiger partial charge in [0.15, 0.2) is 6.10 Å². The summed E-state index contributed by atoms with van der Waals surface area (Å²) in [4.78, 5) is 12.6. The van der Waals surface area contributed by atoms with Crippen LogP contribution in [0.4, 0.5) is 5.69 Å². The Bertz CT molecular complexity index is 717. The molecular formula is C21H27NO2. The Morgan fingerprint density at radius 3 is 2.33 bits per heavy atom. The van der Waals surface area contributed by atoms with E-state index in [0.717, 1.165) is 12.0 Å². The SMILES string of the molecule is CCC(C)(C)c1ccc(C(=O)C(C)Oc2ccc(C)cc2N)cc1. The molecule has 0 saturated heterocycles. The van der Waals surface area contributed by atoms with E-state index in [1.54, 1.807) is 13.0 Å². The highest BCUT2D eigenvalue weighted by Crippen LogP contribution is 2.27. The van der Waals surface area contributed by atoms with E-state index in [9.17, 15) is 4.79 Å². The standard InChI is InChI=1S/C21H27NO2/c1-6-21(4,5)17-10-8-16(9-11-17)20(23)15(3)24-19-12-7-14(2)13-18(19)22/h7-13,15H,6,22H2,1-5H3. The highest BCUT2D eigenvalue weighted by molar-refractivity contribution is 5.99. The Labute approximate surface area is 144 Å². The van der Waals surface area contributed by atoms with Crippen molar-refractivity contribution in [3.05, 3.63) is 59.2 Å². The van der Waals surface area contributed by atoms with Crippen molar-refractivity contribution in [2.45, 2.75) is 52.6 Å². The minimum atomic E-state index is -0.583. The summed E-state index contributed by atoms with van der Waals surface area (Å²) >= 11 is 0. The van der Waals surface area contributed by atoms with E-state index in [-0.39, 0.29) is 11.2 Å². The Morgan fingerprint density at radius 1 is 1.17 bits per heavy atom. The lowest BCUT2D eigenvalue weighted by atomic mass is 9.82. The smallest absolute Gasteiger partial charge is 0.202 e. The van der Waals surface area contributed by atoms with Crippen LogP contribution in [0.1, 0.15) is 55.6 Å². The quantitative estimate of drug-likeness (QED) is 0.606. The first kappa shape index (κ1) is 18.1. The van der Waals surface area contributed by atoms with E-state index < -0.39 is 6.10 Å². The number of carbonyl (C=O) groups is 1. The average molecular weight is 325 g/mol. The molecule has 0 fully saturated rings. The van der Waals surface area contributed by atoms with E-state index >= 15 is 0 Å². The van der Waals surface area contributed by atoms with Gasteiger partial charge in [0.2, 0.25) is 5.78 Å². The second-order valence-electron chi connectivity index (χ2n) is 6.98. The zero-order valence-electron chi connectivity index (χ0n) is 15.2. The Hall–Kier alpha value is -2.29. The molecule has 2 aromatic rings. The van der Waals surface area contributed by atoms with E-state index in [4.69, 9.17) is 10.5 Å². The Balaban J connectivity index is 2.13. The predicted molar refractivity (Wildman–Crippen MR) is 99.8 cm³/mol. The molecule has 0 saturated carbocycles. The number of carbonyl (C=O) groups excluding carboxylic acids is 1. The first-order valence-electron chi connectivity index (χ1n) is 8.42. The molecule has 0 aromatic heterocycles. The maximum atomic E-state index is 12.6. The summed E-state index contributed by atoms with van der Waals surface area (Å²) in [6.07, 6.45) is 0.465. The zero-order chi connectivity index (χ0) is 17.9. The van der Waals surface area contributed by atoms with Gasteiger partial charge in [-0.15, -0.1) is 0 Å². The molecule has 2 aromatic carbocycles. The molecule has 0 aliphatic carbocycles. The van der Waals surface area contributed by atoms with Crippen LogP contribution in [0.25, 0.3) is 0 Å².